The number of nitrogens with one attached hydrogen (secondary N) is 1. The number of benzene rings is 2. The second kappa shape index (κ2) is 9.54. The molecule has 2 aromatic heterocycles. The minimum atomic E-state index is -4.65. The SMILES string of the molecule is O=c1[nH]c(C2CCN(S(=O)(=O)c3cccc(C(F)(F)F)c3)CC2)nc2c1nnn2Cc1cccc(Cl)c1. The van der Waals surface area contributed by atoms with Gasteiger partial charge in [0.1, 0.15) is 5.82 Å². The normalized spacial score (nSPS) is 15.9. The molecule has 0 amide bonds. The number of sulfonamides is 1. The number of aromatic nitrogens is 5. The lowest BCUT2D eigenvalue weighted by atomic mass is 9.97. The molecular formula is C23H20ClF3N6O3S. The number of hydrogen-bond donors (Lipinski definition) is 1. The molecule has 0 atom stereocenters. The second-order valence-corrected chi connectivity index (χ2v) is 11.1. The van der Waals surface area contributed by atoms with E-state index in [1.165, 1.54) is 4.68 Å². The van der Waals surface area contributed by atoms with Crippen molar-refractivity contribution in [2.75, 3.05) is 13.1 Å². The first-order valence-corrected chi connectivity index (χ1v) is 13.1. The van der Waals surface area contributed by atoms with Gasteiger partial charge in [-0.3, -0.25) is 4.79 Å². The van der Waals surface area contributed by atoms with Crippen LogP contribution in [0.2, 0.25) is 5.02 Å². The van der Waals surface area contributed by atoms with Gasteiger partial charge >= 0.3 is 6.18 Å². The molecule has 0 radical (unpaired) electrons. The molecule has 1 saturated heterocycles. The zero-order valence-corrected chi connectivity index (χ0v) is 20.7. The molecule has 5 rings (SSSR count). The zero-order chi connectivity index (χ0) is 26.4. The van der Waals surface area contributed by atoms with Crippen LogP contribution in [0.4, 0.5) is 13.2 Å². The number of rotatable bonds is 5. The van der Waals surface area contributed by atoms with Crippen molar-refractivity contribution in [2.45, 2.75) is 36.4 Å². The van der Waals surface area contributed by atoms with Gasteiger partial charge in [0.25, 0.3) is 5.56 Å². The average Bonchev–Trinajstić information content (AvgIpc) is 3.27. The highest BCUT2D eigenvalue weighted by molar-refractivity contribution is 7.89. The molecule has 14 heteroatoms. The third-order valence-electron chi connectivity index (χ3n) is 6.25. The summed E-state index contributed by atoms with van der Waals surface area (Å²) < 4.78 is 67.8. The summed E-state index contributed by atoms with van der Waals surface area (Å²) in [6, 6.07) is 10.9. The predicted octanol–water partition coefficient (Wildman–Crippen LogP) is 3.80. The Hall–Kier alpha value is -3.29. The van der Waals surface area contributed by atoms with Crippen molar-refractivity contribution in [1.29, 1.82) is 0 Å². The van der Waals surface area contributed by atoms with Crippen LogP contribution in [0.1, 0.15) is 35.7 Å². The molecule has 1 fully saturated rings. The van der Waals surface area contributed by atoms with Crippen LogP contribution in [0.15, 0.2) is 58.2 Å². The number of hydrogen-bond acceptors (Lipinski definition) is 6. The van der Waals surface area contributed by atoms with Crippen LogP contribution in [0, 0.1) is 0 Å². The van der Waals surface area contributed by atoms with Crippen molar-refractivity contribution in [2.24, 2.45) is 0 Å². The average molecular weight is 553 g/mol. The van der Waals surface area contributed by atoms with Gasteiger partial charge in [-0.15, -0.1) is 5.10 Å². The Labute approximate surface area is 213 Å². The fourth-order valence-electron chi connectivity index (χ4n) is 4.34. The lowest BCUT2D eigenvalue weighted by Gasteiger charge is -2.30. The van der Waals surface area contributed by atoms with Crippen molar-refractivity contribution in [1.82, 2.24) is 29.3 Å². The molecular weight excluding hydrogens is 533 g/mol. The number of H-pyrrole nitrogens is 1. The third-order valence-corrected chi connectivity index (χ3v) is 8.38. The van der Waals surface area contributed by atoms with E-state index >= 15 is 0 Å². The van der Waals surface area contributed by atoms with Gasteiger partial charge in [0.05, 0.1) is 17.0 Å². The summed E-state index contributed by atoms with van der Waals surface area (Å²) in [5, 5.41) is 8.53. The first-order chi connectivity index (χ1) is 17.5. The molecule has 0 unspecified atom stereocenters. The van der Waals surface area contributed by atoms with Gasteiger partial charge in [-0.1, -0.05) is 35.0 Å². The first-order valence-electron chi connectivity index (χ1n) is 11.3. The topological polar surface area (TPSA) is 114 Å². The summed E-state index contributed by atoms with van der Waals surface area (Å²) in [7, 11) is -4.12. The minimum Gasteiger partial charge on any atom is -0.308 e. The van der Waals surface area contributed by atoms with Crippen LogP contribution in [0.25, 0.3) is 11.2 Å². The van der Waals surface area contributed by atoms with Gasteiger partial charge in [-0.05, 0) is 48.7 Å². The zero-order valence-electron chi connectivity index (χ0n) is 19.1. The Bertz CT molecular complexity index is 1630. The lowest BCUT2D eigenvalue weighted by Crippen LogP contribution is -2.38. The maximum atomic E-state index is 13.1. The lowest BCUT2D eigenvalue weighted by molar-refractivity contribution is -0.137. The monoisotopic (exact) mass is 552 g/mol. The maximum Gasteiger partial charge on any atom is 0.416 e. The summed E-state index contributed by atoms with van der Waals surface area (Å²) in [5.74, 6) is 0.114. The van der Waals surface area contributed by atoms with Crippen molar-refractivity contribution in [3.05, 3.63) is 80.9 Å². The van der Waals surface area contributed by atoms with Crippen LogP contribution in [-0.4, -0.2) is 50.8 Å². The van der Waals surface area contributed by atoms with Crippen LogP contribution in [0.5, 0.6) is 0 Å². The Morgan fingerprint density at radius 3 is 2.51 bits per heavy atom. The summed E-state index contributed by atoms with van der Waals surface area (Å²) in [6.45, 7) is 0.413. The molecule has 2 aromatic carbocycles. The molecule has 3 heterocycles. The van der Waals surface area contributed by atoms with E-state index in [2.05, 4.69) is 20.3 Å². The highest BCUT2D eigenvalue weighted by Crippen LogP contribution is 2.33. The van der Waals surface area contributed by atoms with E-state index in [4.69, 9.17) is 11.6 Å². The largest absolute Gasteiger partial charge is 0.416 e. The van der Waals surface area contributed by atoms with Gasteiger partial charge in [0.2, 0.25) is 10.0 Å². The van der Waals surface area contributed by atoms with Gasteiger partial charge < -0.3 is 4.98 Å². The molecule has 0 bridgehead atoms. The smallest absolute Gasteiger partial charge is 0.308 e. The van der Waals surface area contributed by atoms with Crippen molar-refractivity contribution in [3.8, 4) is 0 Å². The number of fused-ring (bicyclic) bond motifs is 1. The summed E-state index contributed by atoms with van der Waals surface area (Å²) >= 11 is 6.05. The fourth-order valence-corrected chi connectivity index (χ4v) is 6.07. The minimum absolute atomic E-state index is 0.0605. The van der Waals surface area contributed by atoms with Gasteiger partial charge in [0.15, 0.2) is 11.2 Å². The van der Waals surface area contributed by atoms with Crippen molar-refractivity contribution >= 4 is 32.8 Å². The second-order valence-electron chi connectivity index (χ2n) is 8.70. The fraction of sp³-hybridized carbons (Fsp3) is 0.304. The molecule has 0 spiro atoms. The molecule has 1 N–H and O–H groups in total. The summed E-state index contributed by atoms with van der Waals surface area (Å²) in [5.41, 5.74) is -0.276. The van der Waals surface area contributed by atoms with Crippen molar-refractivity contribution < 1.29 is 21.6 Å². The molecule has 0 aliphatic carbocycles. The van der Waals surface area contributed by atoms with Crippen LogP contribution in [0.3, 0.4) is 0 Å². The third kappa shape index (κ3) is 5.11. The Balaban J connectivity index is 1.36. The first kappa shape index (κ1) is 25.4. The van der Waals surface area contributed by atoms with Crippen LogP contribution in [-0.2, 0) is 22.7 Å². The molecule has 194 valence electrons. The number of nitrogens with zero attached hydrogens (tertiary/aromatic N) is 5. The molecule has 1 aliphatic rings. The number of piperidine rings is 1. The molecule has 37 heavy (non-hydrogen) atoms. The van der Waals surface area contributed by atoms with Gasteiger partial charge in [-0.2, -0.15) is 17.5 Å². The van der Waals surface area contributed by atoms with E-state index in [0.717, 1.165) is 28.1 Å². The van der Waals surface area contributed by atoms with Crippen LogP contribution >= 0.6 is 11.6 Å². The molecule has 1 aliphatic heterocycles. The summed E-state index contributed by atoms with van der Waals surface area (Å²) in [6.07, 6.45) is -4.01. The Kier molecular flexibility index (Phi) is 6.54. The maximum absolute atomic E-state index is 13.1. The van der Waals surface area contributed by atoms with Crippen molar-refractivity contribution in [3.63, 3.8) is 0 Å². The van der Waals surface area contributed by atoms with Gasteiger partial charge in [-0.25, -0.2) is 18.1 Å². The Morgan fingerprint density at radius 2 is 1.81 bits per heavy atom. The summed E-state index contributed by atoms with van der Waals surface area (Å²) in [4.78, 5) is 19.5. The Morgan fingerprint density at radius 1 is 1.08 bits per heavy atom. The van der Waals surface area contributed by atoms with E-state index in [9.17, 15) is 26.4 Å². The highest BCUT2D eigenvalue weighted by Gasteiger charge is 2.35. The van der Waals surface area contributed by atoms with E-state index in [1.54, 1.807) is 18.2 Å². The van der Waals surface area contributed by atoms with E-state index in [0.29, 0.717) is 36.3 Å². The van der Waals surface area contributed by atoms with E-state index in [1.807, 2.05) is 6.07 Å². The number of aromatic amines is 1. The predicted molar refractivity (Wildman–Crippen MR) is 129 cm³/mol. The quantitative estimate of drug-likeness (QED) is 0.403. The standard InChI is InChI=1S/C23H20ClF3N6O3S/c24-17-5-1-3-14(11-17)13-33-21-19(30-31-33)22(34)29-20(28-21)15-7-9-32(10-8-15)37(35,36)18-6-2-4-16(12-18)23(25,26)27/h1-6,11-12,15H,7-10,13H2,(H,28,29,34). The molecule has 9 nitrogen and oxygen atoms in total. The highest BCUT2D eigenvalue weighted by atomic mass is 35.5. The van der Waals surface area contributed by atoms with Crippen LogP contribution < -0.4 is 5.56 Å². The van der Waals surface area contributed by atoms with E-state index in [-0.39, 0.29) is 30.2 Å². The molecule has 0 saturated carbocycles. The number of halogens is 4. The van der Waals surface area contributed by atoms with E-state index < -0.39 is 32.2 Å². The number of alkyl halides is 3. The molecule has 4 aromatic rings. The van der Waals surface area contributed by atoms with Gasteiger partial charge in [0, 0.05) is 24.0 Å².